The molecule has 3 heterocycles. The van der Waals surface area contributed by atoms with Crippen LogP contribution in [0.1, 0.15) is 30.5 Å². The number of aromatic nitrogens is 2. The van der Waals surface area contributed by atoms with Gasteiger partial charge in [0.05, 0.1) is 11.8 Å². The standard InChI is InChI=1S/C14H22N4O3S/c1-10-15-6-4-12(16-10)13-8-11-5-7-18(9-14(11)21-13)22(19,20)17(2)3/h4,6,11,13-14H,5,7-9H2,1-3H3/t11-,13+,14+/m1/s1. The molecule has 2 saturated heterocycles. The second-order valence-electron chi connectivity index (χ2n) is 6.12. The van der Waals surface area contributed by atoms with Gasteiger partial charge in [0.25, 0.3) is 10.2 Å². The van der Waals surface area contributed by atoms with Gasteiger partial charge >= 0.3 is 0 Å². The first-order chi connectivity index (χ1) is 10.4. The van der Waals surface area contributed by atoms with Crippen molar-refractivity contribution in [1.82, 2.24) is 18.6 Å². The van der Waals surface area contributed by atoms with Gasteiger partial charge in [-0.05, 0) is 31.7 Å². The van der Waals surface area contributed by atoms with E-state index in [4.69, 9.17) is 4.74 Å². The molecule has 3 rings (SSSR count). The van der Waals surface area contributed by atoms with Crippen molar-refractivity contribution < 1.29 is 13.2 Å². The number of hydrogen-bond donors (Lipinski definition) is 0. The Morgan fingerprint density at radius 1 is 1.41 bits per heavy atom. The summed E-state index contributed by atoms with van der Waals surface area (Å²) in [6.45, 7) is 2.84. The third kappa shape index (κ3) is 2.88. The van der Waals surface area contributed by atoms with Crippen LogP contribution in [0.15, 0.2) is 12.3 Å². The first kappa shape index (κ1) is 15.8. The molecule has 0 saturated carbocycles. The monoisotopic (exact) mass is 326 g/mol. The van der Waals surface area contributed by atoms with Crippen LogP contribution in [0.3, 0.4) is 0 Å². The van der Waals surface area contributed by atoms with Crippen molar-refractivity contribution in [3.63, 3.8) is 0 Å². The summed E-state index contributed by atoms with van der Waals surface area (Å²) in [7, 11) is -0.249. The SMILES string of the molecule is Cc1nccc([C@@H]2C[C@H]3CCN(S(=O)(=O)N(C)C)C[C@@H]3O2)n1. The van der Waals surface area contributed by atoms with Crippen LogP contribution in [0.5, 0.6) is 0 Å². The van der Waals surface area contributed by atoms with E-state index < -0.39 is 10.2 Å². The lowest BCUT2D eigenvalue weighted by molar-refractivity contribution is 0.00777. The van der Waals surface area contributed by atoms with Gasteiger partial charge in [-0.25, -0.2) is 9.97 Å². The molecule has 8 heteroatoms. The van der Waals surface area contributed by atoms with Crippen LogP contribution in [0.2, 0.25) is 0 Å². The first-order valence-corrected chi connectivity index (χ1v) is 8.90. The Kier molecular flexibility index (Phi) is 4.19. The number of rotatable bonds is 3. The van der Waals surface area contributed by atoms with Crippen molar-refractivity contribution in [2.24, 2.45) is 5.92 Å². The average Bonchev–Trinajstić information content (AvgIpc) is 2.90. The lowest BCUT2D eigenvalue weighted by Crippen LogP contribution is -2.49. The van der Waals surface area contributed by atoms with Crippen molar-refractivity contribution in [3.8, 4) is 0 Å². The van der Waals surface area contributed by atoms with E-state index in [1.54, 1.807) is 20.3 Å². The van der Waals surface area contributed by atoms with E-state index >= 15 is 0 Å². The van der Waals surface area contributed by atoms with E-state index in [2.05, 4.69) is 9.97 Å². The predicted molar refractivity (Wildman–Crippen MR) is 81.3 cm³/mol. The highest BCUT2D eigenvalue weighted by Gasteiger charge is 2.43. The Hall–Kier alpha value is -1.09. The number of ether oxygens (including phenoxy) is 1. The Labute approximate surface area is 131 Å². The molecule has 3 atom stereocenters. The molecule has 0 unspecified atom stereocenters. The lowest BCUT2D eigenvalue weighted by atomic mass is 9.92. The van der Waals surface area contributed by atoms with Crippen LogP contribution in [-0.2, 0) is 14.9 Å². The average molecular weight is 326 g/mol. The van der Waals surface area contributed by atoms with E-state index in [1.807, 2.05) is 13.0 Å². The van der Waals surface area contributed by atoms with E-state index in [0.29, 0.717) is 19.0 Å². The summed E-state index contributed by atoms with van der Waals surface area (Å²) in [4.78, 5) is 8.54. The van der Waals surface area contributed by atoms with Crippen LogP contribution in [0.25, 0.3) is 0 Å². The van der Waals surface area contributed by atoms with E-state index in [1.165, 1.54) is 8.61 Å². The fraction of sp³-hybridized carbons (Fsp3) is 0.714. The quantitative estimate of drug-likeness (QED) is 0.819. The molecule has 0 bridgehead atoms. The smallest absolute Gasteiger partial charge is 0.281 e. The Morgan fingerprint density at radius 2 is 2.18 bits per heavy atom. The minimum atomic E-state index is -3.37. The van der Waals surface area contributed by atoms with Gasteiger partial charge in [-0.15, -0.1) is 0 Å². The Balaban J connectivity index is 1.72. The molecule has 2 aliphatic rings. The molecular weight excluding hydrogens is 304 g/mol. The minimum absolute atomic E-state index is 0.0521. The molecule has 0 amide bonds. The van der Waals surface area contributed by atoms with Gasteiger partial charge in [-0.2, -0.15) is 17.0 Å². The molecule has 1 aromatic heterocycles. The Bertz CT molecular complexity index is 649. The molecule has 0 aromatic carbocycles. The first-order valence-electron chi connectivity index (χ1n) is 7.50. The number of aryl methyl sites for hydroxylation is 1. The maximum atomic E-state index is 12.2. The molecule has 7 nitrogen and oxygen atoms in total. The summed E-state index contributed by atoms with van der Waals surface area (Å²) >= 11 is 0. The summed E-state index contributed by atoms with van der Waals surface area (Å²) < 4.78 is 33.4. The molecule has 0 radical (unpaired) electrons. The minimum Gasteiger partial charge on any atom is -0.367 e. The van der Waals surface area contributed by atoms with Crippen LogP contribution < -0.4 is 0 Å². The van der Waals surface area contributed by atoms with Crippen LogP contribution in [-0.4, -0.2) is 60.3 Å². The van der Waals surface area contributed by atoms with Gasteiger partial charge in [0, 0.05) is 33.4 Å². The topological polar surface area (TPSA) is 75.6 Å². The van der Waals surface area contributed by atoms with Gasteiger partial charge in [-0.3, -0.25) is 0 Å². The maximum Gasteiger partial charge on any atom is 0.281 e. The third-order valence-electron chi connectivity index (χ3n) is 4.43. The van der Waals surface area contributed by atoms with Crippen LogP contribution in [0.4, 0.5) is 0 Å². The van der Waals surface area contributed by atoms with Gasteiger partial charge in [0.1, 0.15) is 11.9 Å². The fourth-order valence-corrected chi connectivity index (χ4v) is 4.32. The normalized spacial score (nSPS) is 29.7. The molecule has 0 aliphatic carbocycles. The van der Waals surface area contributed by atoms with Crippen molar-refractivity contribution in [2.75, 3.05) is 27.2 Å². The zero-order valence-electron chi connectivity index (χ0n) is 13.1. The third-order valence-corrected chi connectivity index (χ3v) is 6.34. The molecule has 122 valence electrons. The van der Waals surface area contributed by atoms with Crippen molar-refractivity contribution >= 4 is 10.2 Å². The molecule has 0 spiro atoms. The summed E-state index contributed by atoms with van der Waals surface area (Å²) in [5.74, 6) is 1.13. The van der Waals surface area contributed by atoms with E-state index in [9.17, 15) is 8.42 Å². The largest absolute Gasteiger partial charge is 0.367 e. The molecule has 0 N–H and O–H groups in total. The summed E-state index contributed by atoms with van der Waals surface area (Å²) in [5, 5.41) is 0. The Morgan fingerprint density at radius 3 is 2.86 bits per heavy atom. The van der Waals surface area contributed by atoms with Crippen LogP contribution >= 0.6 is 0 Å². The van der Waals surface area contributed by atoms with E-state index in [-0.39, 0.29) is 12.2 Å². The summed E-state index contributed by atoms with van der Waals surface area (Å²) in [6, 6.07) is 1.88. The lowest BCUT2D eigenvalue weighted by Gasteiger charge is -2.34. The number of hydrogen-bond acceptors (Lipinski definition) is 5. The van der Waals surface area contributed by atoms with Gasteiger partial charge in [-0.1, -0.05) is 0 Å². The van der Waals surface area contributed by atoms with Crippen molar-refractivity contribution in [1.29, 1.82) is 0 Å². The zero-order chi connectivity index (χ0) is 15.9. The number of nitrogens with zero attached hydrogens (tertiary/aromatic N) is 4. The van der Waals surface area contributed by atoms with Crippen molar-refractivity contribution in [2.45, 2.75) is 32.0 Å². The molecule has 2 aliphatic heterocycles. The molecular formula is C14H22N4O3S. The van der Waals surface area contributed by atoms with Crippen molar-refractivity contribution in [3.05, 3.63) is 23.8 Å². The summed E-state index contributed by atoms with van der Waals surface area (Å²) in [5.41, 5.74) is 0.893. The highest BCUT2D eigenvalue weighted by atomic mass is 32.2. The van der Waals surface area contributed by atoms with Gasteiger partial charge in [0.2, 0.25) is 0 Å². The molecule has 22 heavy (non-hydrogen) atoms. The second-order valence-corrected chi connectivity index (χ2v) is 8.27. The maximum absolute atomic E-state index is 12.2. The highest BCUT2D eigenvalue weighted by molar-refractivity contribution is 7.86. The zero-order valence-corrected chi connectivity index (χ0v) is 14.0. The van der Waals surface area contributed by atoms with Gasteiger partial charge in [0.15, 0.2) is 0 Å². The molecule has 1 aromatic rings. The summed E-state index contributed by atoms with van der Waals surface area (Å²) in [6.07, 6.45) is 3.36. The number of fused-ring (bicyclic) bond motifs is 1. The number of piperidine rings is 1. The van der Waals surface area contributed by atoms with Crippen LogP contribution in [0, 0.1) is 12.8 Å². The fourth-order valence-electron chi connectivity index (χ4n) is 3.19. The van der Waals surface area contributed by atoms with Gasteiger partial charge < -0.3 is 4.74 Å². The highest BCUT2D eigenvalue weighted by Crippen LogP contribution is 2.40. The second kappa shape index (κ2) is 5.84. The van der Waals surface area contributed by atoms with E-state index in [0.717, 1.165) is 24.4 Å². The predicted octanol–water partition coefficient (Wildman–Crippen LogP) is 0.743. The molecule has 2 fully saturated rings.